The van der Waals surface area contributed by atoms with Crippen LogP contribution in [0.3, 0.4) is 0 Å². The second kappa shape index (κ2) is 5.75. The average Bonchev–Trinajstić information content (AvgIpc) is 2.49. The molecule has 0 bridgehead atoms. The molecular formula is C9H14BrNOS. The number of thiophene rings is 1. The molecule has 0 saturated carbocycles. The SMILES string of the molecule is COCN(C)CCc1ccc(Br)s1. The largest absolute Gasteiger partial charge is 0.369 e. The van der Waals surface area contributed by atoms with E-state index in [2.05, 4.69) is 40.0 Å². The second-order valence-electron chi connectivity index (χ2n) is 2.95. The van der Waals surface area contributed by atoms with Gasteiger partial charge in [-0.05, 0) is 41.5 Å². The van der Waals surface area contributed by atoms with Gasteiger partial charge in [-0.15, -0.1) is 11.3 Å². The molecule has 0 radical (unpaired) electrons. The molecule has 1 aromatic heterocycles. The summed E-state index contributed by atoms with van der Waals surface area (Å²) < 4.78 is 6.22. The molecule has 0 unspecified atom stereocenters. The van der Waals surface area contributed by atoms with Gasteiger partial charge in [0.25, 0.3) is 0 Å². The van der Waals surface area contributed by atoms with Gasteiger partial charge in [0, 0.05) is 18.5 Å². The number of hydrogen-bond donors (Lipinski definition) is 0. The topological polar surface area (TPSA) is 12.5 Å². The van der Waals surface area contributed by atoms with Crippen molar-refractivity contribution in [3.63, 3.8) is 0 Å². The molecule has 74 valence electrons. The lowest BCUT2D eigenvalue weighted by Crippen LogP contribution is -2.23. The zero-order chi connectivity index (χ0) is 9.68. The first-order valence-corrected chi connectivity index (χ1v) is 5.75. The van der Waals surface area contributed by atoms with Crippen molar-refractivity contribution in [3.05, 3.63) is 20.8 Å². The highest BCUT2D eigenvalue weighted by Crippen LogP contribution is 2.22. The van der Waals surface area contributed by atoms with Crippen molar-refractivity contribution in [2.45, 2.75) is 6.42 Å². The normalized spacial score (nSPS) is 11.1. The maximum atomic E-state index is 5.02. The summed E-state index contributed by atoms with van der Waals surface area (Å²) in [6.07, 6.45) is 1.09. The van der Waals surface area contributed by atoms with Crippen molar-refractivity contribution < 1.29 is 4.74 Å². The lowest BCUT2D eigenvalue weighted by Gasteiger charge is -2.13. The van der Waals surface area contributed by atoms with Gasteiger partial charge >= 0.3 is 0 Å². The number of methoxy groups -OCH3 is 1. The van der Waals surface area contributed by atoms with Gasteiger partial charge in [-0.25, -0.2) is 0 Å². The Hall–Kier alpha value is 0.1000. The number of nitrogens with zero attached hydrogens (tertiary/aromatic N) is 1. The molecule has 1 aromatic rings. The first kappa shape index (κ1) is 11.2. The van der Waals surface area contributed by atoms with Crippen LogP contribution < -0.4 is 0 Å². The Kier molecular flexibility index (Phi) is 4.94. The summed E-state index contributed by atoms with van der Waals surface area (Å²) >= 11 is 5.25. The minimum absolute atomic E-state index is 0.701. The van der Waals surface area contributed by atoms with E-state index in [0.717, 1.165) is 13.0 Å². The van der Waals surface area contributed by atoms with Crippen LogP contribution in [-0.4, -0.2) is 32.3 Å². The molecule has 0 aliphatic carbocycles. The molecule has 0 N–H and O–H groups in total. The molecule has 0 fully saturated rings. The van der Waals surface area contributed by atoms with Gasteiger partial charge < -0.3 is 4.74 Å². The maximum absolute atomic E-state index is 5.02. The van der Waals surface area contributed by atoms with Gasteiger partial charge in [0.1, 0.15) is 0 Å². The molecule has 1 heterocycles. The van der Waals surface area contributed by atoms with E-state index in [1.54, 1.807) is 18.4 Å². The first-order chi connectivity index (χ1) is 6.22. The van der Waals surface area contributed by atoms with Gasteiger partial charge in [-0.1, -0.05) is 0 Å². The van der Waals surface area contributed by atoms with Crippen molar-refractivity contribution in [1.29, 1.82) is 0 Å². The van der Waals surface area contributed by atoms with Gasteiger partial charge in [0.05, 0.1) is 10.5 Å². The van der Waals surface area contributed by atoms with Crippen molar-refractivity contribution >= 4 is 27.3 Å². The van der Waals surface area contributed by atoms with E-state index in [9.17, 15) is 0 Å². The van der Waals surface area contributed by atoms with Crippen LogP contribution >= 0.6 is 27.3 Å². The summed E-state index contributed by atoms with van der Waals surface area (Å²) in [7, 11) is 3.78. The predicted molar refractivity (Wildman–Crippen MR) is 60.2 cm³/mol. The van der Waals surface area contributed by atoms with Crippen LogP contribution in [-0.2, 0) is 11.2 Å². The van der Waals surface area contributed by atoms with E-state index >= 15 is 0 Å². The Labute approximate surface area is 91.6 Å². The molecule has 1 rings (SSSR count). The van der Waals surface area contributed by atoms with E-state index in [-0.39, 0.29) is 0 Å². The summed E-state index contributed by atoms with van der Waals surface area (Å²) in [5.74, 6) is 0. The fourth-order valence-corrected chi connectivity index (χ4v) is 2.54. The smallest absolute Gasteiger partial charge is 0.0984 e. The maximum Gasteiger partial charge on any atom is 0.0984 e. The predicted octanol–water partition coefficient (Wildman–Crippen LogP) is 2.59. The van der Waals surface area contributed by atoms with Crippen molar-refractivity contribution in [3.8, 4) is 0 Å². The molecule has 2 nitrogen and oxygen atoms in total. The summed E-state index contributed by atoms with van der Waals surface area (Å²) in [4.78, 5) is 3.57. The minimum atomic E-state index is 0.701. The lowest BCUT2D eigenvalue weighted by molar-refractivity contribution is 0.0828. The van der Waals surface area contributed by atoms with Gasteiger partial charge in [0.2, 0.25) is 0 Å². The third kappa shape index (κ3) is 4.22. The van der Waals surface area contributed by atoms with Crippen LogP contribution in [0.2, 0.25) is 0 Å². The van der Waals surface area contributed by atoms with E-state index in [0.29, 0.717) is 6.73 Å². The highest BCUT2D eigenvalue weighted by atomic mass is 79.9. The quantitative estimate of drug-likeness (QED) is 0.758. The van der Waals surface area contributed by atoms with Crippen LogP contribution in [0.1, 0.15) is 4.88 Å². The molecule has 0 aromatic carbocycles. The molecule has 13 heavy (non-hydrogen) atoms. The van der Waals surface area contributed by atoms with Crippen LogP contribution in [0.4, 0.5) is 0 Å². The molecular weight excluding hydrogens is 250 g/mol. The zero-order valence-electron chi connectivity index (χ0n) is 7.92. The fourth-order valence-electron chi connectivity index (χ4n) is 1.07. The number of ether oxygens (including phenoxy) is 1. The van der Waals surface area contributed by atoms with E-state index in [1.165, 1.54) is 8.66 Å². The first-order valence-electron chi connectivity index (χ1n) is 4.14. The second-order valence-corrected chi connectivity index (χ2v) is 5.50. The molecule has 0 spiro atoms. The van der Waals surface area contributed by atoms with E-state index in [4.69, 9.17) is 4.74 Å². The third-order valence-electron chi connectivity index (χ3n) is 1.72. The van der Waals surface area contributed by atoms with Crippen molar-refractivity contribution in [2.75, 3.05) is 27.4 Å². The van der Waals surface area contributed by atoms with Crippen LogP contribution in [0, 0.1) is 0 Å². The lowest BCUT2D eigenvalue weighted by atomic mass is 10.3. The Morgan fingerprint density at radius 1 is 1.54 bits per heavy atom. The summed E-state index contributed by atoms with van der Waals surface area (Å²) in [6.45, 7) is 1.74. The number of halogens is 1. The Morgan fingerprint density at radius 3 is 2.85 bits per heavy atom. The van der Waals surface area contributed by atoms with Crippen molar-refractivity contribution in [1.82, 2.24) is 4.90 Å². The average molecular weight is 264 g/mol. The standard InChI is InChI=1S/C9H14BrNOS/c1-11(7-12-2)6-5-8-3-4-9(10)13-8/h3-4H,5-7H2,1-2H3. The monoisotopic (exact) mass is 263 g/mol. The molecule has 0 aliphatic rings. The fraction of sp³-hybridized carbons (Fsp3) is 0.556. The van der Waals surface area contributed by atoms with Gasteiger partial charge in [0.15, 0.2) is 0 Å². The molecule has 0 atom stereocenters. The third-order valence-corrected chi connectivity index (χ3v) is 3.40. The number of hydrogen-bond acceptors (Lipinski definition) is 3. The van der Waals surface area contributed by atoms with Gasteiger partial charge in [-0.2, -0.15) is 0 Å². The highest BCUT2D eigenvalue weighted by molar-refractivity contribution is 9.11. The van der Waals surface area contributed by atoms with E-state index < -0.39 is 0 Å². The molecule has 0 amide bonds. The Bertz CT molecular complexity index is 252. The molecule has 4 heteroatoms. The minimum Gasteiger partial charge on any atom is -0.369 e. The summed E-state index contributed by atoms with van der Waals surface area (Å²) in [6, 6.07) is 4.26. The molecule has 0 saturated heterocycles. The van der Waals surface area contributed by atoms with Crippen LogP contribution in [0.5, 0.6) is 0 Å². The summed E-state index contributed by atoms with van der Waals surface area (Å²) in [5, 5.41) is 0. The Balaban J connectivity index is 2.26. The number of likely N-dealkylation sites (N-methyl/N-ethyl adjacent to an activating group) is 1. The van der Waals surface area contributed by atoms with E-state index in [1.807, 2.05) is 0 Å². The van der Waals surface area contributed by atoms with Crippen LogP contribution in [0.25, 0.3) is 0 Å². The number of rotatable bonds is 5. The zero-order valence-corrected chi connectivity index (χ0v) is 10.3. The van der Waals surface area contributed by atoms with Crippen LogP contribution in [0.15, 0.2) is 15.9 Å². The summed E-state index contributed by atoms with van der Waals surface area (Å²) in [5.41, 5.74) is 0. The molecule has 0 aliphatic heterocycles. The van der Waals surface area contributed by atoms with Crippen molar-refractivity contribution in [2.24, 2.45) is 0 Å². The van der Waals surface area contributed by atoms with Gasteiger partial charge in [-0.3, -0.25) is 4.90 Å². The highest BCUT2D eigenvalue weighted by Gasteiger charge is 2.00. The Morgan fingerprint density at radius 2 is 2.31 bits per heavy atom.